The van der Waals surface area contributed by atoms with E-state index in [1.54, 1.807) is 24.3 Å². The fraction of sp³-hybridized carbons (Fsp3) is 0.188. The normalized spacial score (nSPS) is 10.4. The molecule has 0 aliphatic rings. The van der Waals surface area contributed by atoms with Gasteiger partial charge in [0.25, 0.3) is 0 Å². The van der Waals surface area contributed by atoms with Gasteiger partial charge in [-0.3, -0.25) is 9.36 Å². The molecule has 0 spiro atoms. The first kappa shape index (κ1) is 18.2. The molecule has 2 aromatic rings. The van der Waals surface area contributed by atoms with E-state index >= 15 is 0 Å². The van der Waals surface area contributed by atoms with Gasteiger partial charge in [-0.15, -0.1) is 0 Å². The van der Waals surface area contributed by atoms with Crippen LogP contribution in [-0.4, -0.2) is 35.3 Å². The van der Waals surface area contributed by atoms with E-state index in [2.05, 4.69) is 0 Å². The number of rotatable bonds is 4. The number of aryl methyl sites for hydroxylation is 3. The molecule has 0 saturated carbocycles. The van der Waals surface area contributed by atoms with Gasteiger partial charge in [0.1, 0.15) is 5.75 Å². The summed E-state index contributed by atoms with van der Waals surface area (Å²) < 4.78 is 15.8. The molecule has 0 amide bonds. The number of benzene rings is 2. The minimum absolute atomic E-state index is 0. The van der Waals surface area contributed by atoms with E-state index in [-0.39, 0.29) is 35.3 Å². The Balaban J connectivity index is 0.00000220. The molecule has 5 heteroatoms. The molecule has 2 rings (SSSR count). The molecule has 106 valence electrons. The summed E-state index contributed by atoms with van der Waals surface area (Å²) in [5.41, 5.74) is 4.15. The summed E-state index contributed by atoms with van der Waals surface area (Å²) in [5.74, 6) is 0.283. The van der Waals surface area contributed by atoms with Crippen molar-refractivity contribution >= 4 is 44.0 Å². The predicted molar refractivity (Wildman–Crippen MR) is 88.7 cm³/mol. The molecule has 2 aromatic carbocycles. The van der Waals surface area contributed by atoms with Crippen LogP contribution >= 0.6 is 8.69 Å². The summed E-state index contributed by atoms with van der Waals surface area (Å²) in [7, 11) is -1.39. The number of hydrogen-bond donors (Lipinski definition) is 0. The van der Waals surface area contributed by atoms with Crippen molar-refractivity contribution in [1.29, 1.82) is 0 Å². The maximum absolute atomic E-state index is 12.7. The van der Waals surface area contributed by atoms with Gasteiger partial charge in [-0.05, 0) is 44.0 Å². The second kappa shape index (κ2) is 7.95. The van der Waals surface area contributed by atoms with Crippen LogP contribution in [0.25, 0.3) is 0 Å². The van der Waals surface area contributed by atoms with Crippen LogP contribution in [0.4, 0.5) is 0 Å². The van der Waals surface area contributed by atoms with E-state index in [1.807, 2.05) is 32.9 Å². The van der Waals surface area contributed by atoms with Gasteiger partial charge in [-0.25, -0.2) is 0 Å². The minimum atomic E-state index is -1.39. The number of carbonyl (C=O) groups excluding carboxylic acids is 1. The zero-order valence-electron chi connectivity index (χ0n) is 11.8. The van der Waals surface area contributed by atoms with E-state index < -0.39 is 8.69 Å². The van der Waals surface area contributed by atoms with Gasteiger partial charge >= 0.3 is 29.6 Å². The van der Waals surface area contributed by atoms with Crippen molar-refractivity contribution in [2.24, 2.45) is 0 Å². The molecule has 0 bridgehead atoms. The van der Waals surface area contributed by atoms with Gasteiger partial charge in [0.15, 0.2) is 5.78 Å². The van der Waals surface area contributed by atoms with Crippen molar-refractivity contribution in [3.8, 4) is 5.75 Å². The molecule has 1 unspecified atom stereocenters. The van der Waals surface area contributed by atoms with Crippen molar-refractivity contribution in [3.63, 3.8) is 0 Å². The maximum atomic E-state index is 12.7. The van der Waals surface area contributed by atoms with Crippen molar-refractivity contribution < 1.29 is 13.9 Å². The molecule has 1 atom stereocenters. The molecule has 0 radical (unpaired) electrons. The number of para-hydroxylation sites is 1. The molecular weight excluding hydrogens is 294 g/mol. The van der Waals surface area contributed by atoms with E-state index in [9.17, 15) is 9.36 Å². The fourth-order valence-electron chi connectivity index (χ4n) is 2.48. The Hall–Kier alpha value is -0.860. The molecule has 0 saturated heterocycles. The van der Waals surface area contributed by atoms with Crippen molar-refractivity contribution in [3.05, 3.63) is 64.2 Å². The quantitative estimate of drug-likeness (QED) is 0.494. The standard InChI is InChI=1S/C16H17O3P.Na.H/c1-10-8-11(2)15(12(3)9-10)16(17)13-6-4-5-7-14(13)19-20-18;;/h4-9H,20H2,1-3H3;;. The second-order valence-corrected chi connectivity index (χ2v) is 5.24. The van der Waals surface area contributed by atoms with E-state index in [1.165, 1.54) is 0 Å². The first-order valence-corrected chi connectivity index (χ1v) is 7.30. The Morgan fingerprint density at radius 2 is 1.62 bits per heavy atom. The van der Waals surface area contributed by atoms with Gasteiger partial charge in [0, 0.05) is 5.56 Å². The average Bonchev–Trinajstić information content (AvgIpc) is 2.38. The molecule has 0 aliphatic carbocycles. The Bertz CT molecular complexity index is 660. The van der Waals surface area contributed by atoms with Crippen LogP contribution in [0.3, 0.4) is 0 Å². The van der Waals surface area contributed by atoms with Gasteiger partial charge in [0.2, 0.25) is 8.69 Å². The molecule has 0 aromatic heterocycles. The molecule has 3 nitrogen and oxygen atoms in total. The molecule has 0 fully saturated rings. The van der Waals surface area contributed by atoms with Gasteiger partial charge in [-0.1, -0.05) is 29.8 Å². The van der Waals surface area contributed by atoms with Crippen molar-refractivity contribution in [1.82, 2.24) is 0 Å². The Labute approximate surface area is 148 Å². The van der Waals surface area contributed by atoms with Gasteiger partial charge in [-0.2, -0.15) is 0 Å². The van der Waals surface area contributed by atoms with Crippen LogP contribution in [0.2, 0.25) is 0 Å². The summed E-state index contributed by atoms with van der Waals surface area (Å²) in [5, 5.41) is 0. The number of ketones is 1. The van der Waals surface area contributed by atoms with E-state index in [0.717, 1.165) is 16.7 Å². The Morgan fingerprint density at radius 3 is 2.19 bits per heavy atom. The molecular formula is C16H18NaO3P. The summed E-state index contributed by atoms with van der Waals surface area (Å²) >= 11 is 0. The SMILES string of the molecule is Cc1cc(C)c(C(=O)c2ccccc2O[PH2]=O)c(C)c1.[NaH]. The fourth-order valence-corrected chi connectivity index (χ4v) is 2.79. The predicted octanol–water partition coefficient (Wildman–Crippen LogP) is 3.24. The monoisotopic (exact) mass is 312 g/mol. The third-order valence-corrected chi connectivity index (χ3v) is 3.56. The molecule has 21 heavy (non-hydrogen) atoms. The average molecular weight is 312 g/mol. The van der Waals surface area contributed by atoms with E-state index in [0.29, 0.717) is 16.9 Å². The topological polar surface area (TPSA) is 43.4 Å². The van der Waals surface area contributed by atoms with Gasteiger partial charge in [0.05, 0.1) is 5.56 Å². The third-order valence-electron chi connectivity index (χ3n) is 3.21. The Kier molecular flexibility index (Phi) is 6.89. The van der Waals surface area contributed by atoms with Crippen LogP contribution in [0.5, 0.6) is 5.75 Å². The van der Waals surface area contributed by atoms with Crippen LogP contribution in [0.15, 0.2) is 36.4 Å². The zero-order chi connectivity index (χ0) is 14.7. The number of carbonyl (C=O) groups is 1. The second-order valence-electron chi connectivity index (χ2n) is 4.81. The van der Waals surface area contributed by atoms with Gasteiger partial charge < -0.3 is 4.52 Å². The van der Waals surface area contributed by atoms with Crippen LogP contribution in [0.1, 0.15) is 32.6 Å². The van der Waals surface area contributed by atoms with Crippen molar-refractivity contribution in [2.75, 3.05) is 0 Å². The Morgan fingerprint density at radius 1 is 1.05 bits per heavy atom. The number of hydrogen-bond acceptors (Lipinski definition) is 3. The molecule has 0 N–H and O–H groups in total. The van der Waals surface area contributed by atoms with Crippen LogP contribution in [0, 0.1) is 20.8 Å². The third kappa shape index (κ3) is 4.08. The first-order valence-electron chi connectivity index (χ1n) is 6.36. The summed E-state index contributed by atoms with van der Waals surface area (Å²) in [6.07, 6.45) is 0. The molecule has 0 aliphatic heterocycles. The summed E-state index contributed by atoms with van der Waals surface area (Å²) in [4.78, 5) is 12.7. The molecule has 0 heterocycles. The summed E-state index contributed by atoms with van der Waals surface area (Å²) in [6, 6.07) is 10.9. The van der Waals surface area contributed by atoms with Crippen molar-refractivity contribution in [2.45, 2.75) is 20.8 Å². The van der Waals surface area contributed by atoms with Crippen LogP contribution < -0.4 is 4.52 Å². The zero-order valence-corrected chi connectivity index (χ0v) is 12.9. The summed E-state index contributed by atoms with van der Waals surface area (Å²) in [6.45, 7) is 5.86. The van der Waals surface area contributed by atoms with Crippen LogP contribution in [-0.2, 0) is 4.57 Å². The first-order chi connectivity index (χ1) is 9.54. The van der Waals surface area contributed by atoms with E-state index in [4.69, 9.17) is 4.52 Å².